The number of anilines is 2. The van der Waals surface area contributed by atoms with E-state index in [4.69, 9.17) is 10.6 Å². The molecule has 1 aliphatic heterocycles. The molecule has 0 saturated carbocycles. The second-order valence-corrected chi connectivity index (χ2v) is 6.69. The van der Waals surface area contributed by atoms with Crippen LogP contribution in [0.15, 0.2) is 36.5 Å². The third kappa shape index (κ3) is 4.40. The van der Waals surface area contributed by atoms with E-state index in [-0.39, 0.29) is 5.91 Å². The third-order valence-electron chi connectivity index (χ3n) is 4.64. The number of aryl methyl sites for hydroxylation is 2. The number of amides is 1. The van der Waals surface area contributed by atoms with E-state index in [1.807, 2.05) is 44.2 Å². The van der Waals surface area contributed by atoms with Gasteiger partial charge in [0.2, 0.25) is 0 Å². The van der Waals surface area contributed by atoms with Crippen molar-refractivity contribution >= 4 is 22.9 Å². The number of aromatic nitrogens is 2. The Morgan fingerprint density at radius 3 is 2.25 bits per heavy atom. The van der Waals surface area contributed by atoms with Crippen LogP contribution in [0.1, 0.15) is 17.2 Å². The number of carbonyl (C=O) groups excluding carboxylic acids is 1. The van der Waals surface area contributed by atoms with Crippen molar-refractivity contribution in [2.24, 2.45) is 5.73 Å². The average Bonchev–Trinajstić information content (AvgIpc) is 2.69. The van der Waals surface area contributed by atoms with E-state index >= 15 is 0 Å². The first-order valence-electron chi connectivity index (χ1n) is 9.19. The van der Waals surface area contributed by atoms with Gasteiger partial charge in [-0.2, -0.15) is 0 Å². The molecule has 0 bridgehead atoms. The summed E-state index contributed by atoms with van der Waals surface area (Å²) in [6.07, 6.45) is 1.31. The minimum atomic E-state index is -0.133. The molecule has 0 aliphatic carbocycles. The van der Waals surface area contributed by atoms with E-state index in [2.05, 4.69) is 20.3 Å². The quantitative estimate of drug-likeness (QED) is 0.600. The molecule has 2 heterocycles. The summed E-state index contributed by atoms with van der Waals surface area (Å²) in [5.41, 5.74) is 12.5. The maximum atomic E-state index is 13.0. The summed E-state index contributed by atoms with van der Waals surface area (Å²) in [7, 11) is 1.58. The summed E-state index contributed by atoms with van der Waals surface area (Å²) in [6, 6.07) is 9.86. The van der Waals surface area contributed by atoms with Crippen LogP contribution in [-0.2, 0) is 9.63 Å². The summed E-state index contributed by atoms with van der Waals surface area (Å²) < 4.78 is 0. The predicted molar refractivity (Wildman–Crippen MR) is 110 cm³/mol. The lowest BCUT2D eigenvalue weighted by Crippen LogP contribution is -2.49. The first-order valence-corrected chi connectivity index (χ1v) is 9.19. The standard InChI is InChI=1S/C20H26N6O2/c1-14-12-15(2)23-19(22-14)18(13-21)20(27)26-10-8-25(9-11-26)17-6-4-16(5-7-17)24-28-3/h4-7,12-13,24H,8-11,21H2,1-3H3. The Morgan fingerprint density at radius 2 is 1.71 bits per heavy atom. The molecule has 1 fully saturated rings. The molecular weight excluding hydrogens is 356 g/mol. The number of hydrogen-bond acceptors (Lipinski definition) is 7. The van der Waals surface area contributed by atoms with Crippen molar-refractivity contribution in [2.45, 2.75) is 13.8 Å². The highest BCUT2D eigenvalue weighted by atomic mass is 16.6. The number of rotatable bonds is 5. The molecule has 8 heteroatoms. The summed E-state index contributed by atoms with van der Waals surface area (Å²) in [4.78, 5) is 30.7. The largest absolute Gasteiger partial charge is 0.404 e. The fraction of sp³-hybridized carbons (Fsp3) is 0.350. The third-order valence-corrected chi connectivity index (χ3v) is 4.64. The zero-order valence-electron chi connectivity index (χ0n) is 16.5. The second-order valence-electron chi connectivity index (χ2n) is 6.69. The maximum absolute atomic E-state index is 13.0. The van der Waals surface area contributed by atoms with Gasteiger partial charge in [-0.25, -0.2) is 9.97 Å². The molecule has 28 heavy (non-hydrogen) atoms. The highest BCUT2D eigenvalue weighted by molar-refractivity contribution is 6.18. The number of nitrogens with two attached hydrogens (primary N) is 1. The van der Waals surface area contributed by atoms with Crippen molar-refractivity contribution in [3.63, 3.8) is 0 Å². The van der Waals surface area contributed by atoms with Gasteiger partial charge in [0, 0.05) is 49.5 Å². The molecule has 1 aliphatic rings. The van der Waals surface area contributed by atoms with Gasteiger partial charge in [0.15, 0.2) is 5.82 Å². The van der Waals surface area contributed by atoms with E-state index in [1.165, 1.54) is 6.20 Å². The van der Waals surface area contributed by atoms with E-state index in [0.717, 1.165) is 35.9 Å². The van der Waals surface area contributed by atoms with Crippen molar-refractivity contribution in [1.29, 1.82) is 0 Å². The monoisotopic (exact) mass is 382 g/mol. The molecule has 3 rings (SSSR count). The van der Waals surface area contributed by atoms with Crippen LogP contribution >= 0.6 is 0 Å². The Bertz CT molecular complexity index is 837. The van der Waals surface area contributed by atoms with Crippen LogP contribution in [-0.4, -0.2) is 54.1 Å². The highest BCUT2D eigenvalue weighted by Crippen LogP contribution is 2.21. The molecule has 0 unspecified atom stereocenters. The van der Waals surface area contributed by atoms with Crippen molar-refractivity contribution in [3.8, 4) is 0 Å². The summed E-state index contributed by atoms with van der Waals surface area (Å²) in [6.45, 7) is 6.47. The number of nitrogens with one attached hydrogen (secondary N) is 1. The number of carbonyl (C=O) groups is 1. The molecule has 1 saturated heterocycles. The molecule has 2 aromatic rings. The van der Waals surface area contributed by atoms with Crippen LogP contribution in [0.5, 0.6) is 0 Å². The summed E-state index contributed by atoms with van der Waals surface area (Å²) in [5, 5.41) is 0. The van der Waals surface area contributed by atoms with E-state index in [9.17, 15) is 4.79 Å². The molecule has 148 valence electrons. The Morgan fingerprint density at radius 1 is 1.11 bits per heavy atom. The van der Waals surface area contributed by atoms with Crippen LogP contribution in [0.25, 0.3) is 5.57 Å². The fourth-order valence-electron chi connectivity index (χ4n) is 3.28. The Labute approximate surface area is 165 Å². The molecule has 8 nitrogen and oxygen atoms in total. The molecule has 1 amide bonds. The Balaban J connectivity index is 1.65. The Kier molecular flexibility index (Phi) is 6.10. The molecule has 0 radical (unpaired) electrons. The van der Waals surface area contributed by atoms with Gasteiger partial charge in [0.05, 0.1) is 18.4 Å². The van der Waals surface area contributed by atoms with Gasteiger partial charge in [-0.3, -0.25) is 15.1 Å². The van der Waals surface area contributed by atoms with Crippen molar-refractivity contribution in [2.75, 3.05) is 43.7 Å². The normalized spacial score (nSPS) is 14.9. The van der Waals surface area contributed by atoms with Crippen LogP contribution in [0.2, 0.25) is 0 Å². The Hall–Kier alpha value is -3.13. The van der Waals surface area contributed by atoms with Gasteiger partial charge in [-0.05, 0) is 44.2 Å². The number of nitrogens with zero attached hydrogens (tertiary/aromatic N) is 4. The van der Waals surface area contributed by atoms with Crippen LogP contribution in [0, 0.1) is 13.8 Å². The topological polar surface area (TPSA) is 96.6 Å². The van der Waals surface area contributed by atoms with E-state index in [1.54, 1.807) is 12.0 Å². The summed E-state index contributed by atoms with van der Waals surface area (Å²) in [5.74, 6) is 0.250. The predicted octanol–water partition coefficient (Wildman–Crippen LogP) is 1.72. The van der Waals surface area contributed by atoms with Crippen molar-refractivity contribution < 1.29 is 9.63 Å². The zero-order chi connectivity index (χ0) is 20.1. The zero-order valence-corrected chi connectivity index (χ0v) is 16.5. The smallest absolute Gasteiger partial charge is 0.259 e. The lowest BCUT2D eigenvalue weighted by atomic mass is 10.1. The lowest BCUT2D eigenvalue weighted by Gasteiger charge is -2.36. The molecule has 3 N–H and O–H groups in total. The van der Waals surface area contributed by atoms with Crippen LogP contribution in [0.3, 0.4) is 0 Å². The molecule has 0 spiro atoms. The van der Waals surface area contributed by atoms with Gasteiger partial charge >= 0.3 is 0 Å². The lowest BCUT2D eigenvalue weighted by molar-refractivity contribution is -0.125. The minimum Gasteiger partial charge on any atom is -0.404 e. The fourth-order valence-corrected chi connectivity index (χ4v) is 3.28. The summed E-state index contributed by atoms with van der Waals surface area (Å²) >= 11 is 0. The molecular formula is C20H26N6O2. The van der Waals surface area contributed by atoms with Gasteiger partial charge in [0.25, 0.3) is 5.91 Å². The van der Waals surface area contributed by atoms with E-state index in [0.29, 0.717) is 24.5 Å². The second kappa shape index (κ2) is 8.71. The highest BCUT2D eigenvalue weighted by Gasteiger charge is 2.26. The molecule has 1 aromatic carbocycles. The van der Waals surface area contributed by atoms with Gasteiger partial charge in [0.1, 0.15) is 0 Å². The number of hydrogen-bond donors (Lipinski definition) is 2. The maximum Gasteiger partial charge on any atom is 0.259 e. The number of benzene rings is 1. The van der Waals surface area contributed by atoms with Crippen molar-refractivity contribution in [3.05, 3.63) is 53.7 Å². The van der Waals surface area contributed by atoms with Crippen LogP contribution in [0.4, 0.5) is 11.4 Å². The van der Waals surface area contributed by atoms with E-state index < -0.39 is 0 Å². The first kappa shape index (κ1) is 19.6. The number of piperazine rings is 1. The minimum absolute atomic E-state index is 0.133. The van der Waals surface area contributed by atoms with Gasteiger partial charge < -0.3 is 15.5 Å². The van der Waals surface area contributed by atoms with Crippen molar-refractivity contribution in [1.82, 2.24) is 14.9 Å². The first-order chi connectivity index (χ1) is 13.5. The molecule has 1 aromatic heterocycles. The SMILES string of the molecule is CONc1ccc(N2CCN(C(=O)C(=CN)c3nc(C)cc(C)n3)CC2)cc1. The molecule has 0 atom stereocenters. The van der Waals surface area contributed by atoms with Gasteiger partial charge in [-0.1, -0.05) is 0 Å². The van der Waals surface area contributed by atoms with Gasteiger partial charge in [-0.15, -0.1) is 0 Å². The average molecular weight is 382 g/mol. The van der Waals surface area contributed by atoms with Crippen LogP contribution < -0.4 is 16.1 Å².